The van der Waals surface area contributed by atoms with Crippen LogP contribution in [-0.2, 0) is 0 Å². The van der Waals surface area contributed by atoms with Crippen LogP contribution in [0.15, 0.2) is 46.2 Å². The maximum atomic E-state index is 13.1. The Labute approximate surface area is 97.2 Å². The highest BCUT2D eigenvalue weighted by molar-refractivity contribution is 7.99. The van der Waals surface area contributed by atoms with Gasteiger partial charge in [-0.1, -0.05) is 17.8 Å². The van der Waals surface area contributed by atoms with Gasteiger partial charge in [0.15, 0.2) is 0 Å². The minimum atomic E-state index is -0.231. The molecule has 1 nitrogen and oxygen atoms in total. The maximum absolute atomic E-state index is 13.1. The molecular formula is C13H9FOS. The fourth-order valence-electron chi connectivity index (χ4n) is 1.66. The molecule has 1 aliphatic heterocycles. The summed E-state index contributed by atoms with van der Waals surface area (Å²) in [6.07, 6.45) is 0. The largest absolute Gasteiger partial charge is 0.455 e. The lowest BCUT2D eigenvalue weighted by atomic mass is 10.2. The molecule has 0 radical (unpaired) electrons. The highest BCUT2D eigenvalue weighted by Crippen LogP contribution is 2.47. The van der Waals surface area contributed by atoms with Gasteiger partial charge in [0.1, 0.15) is 17.3 Å². The number of halogens is 1. The third-order valence-electron chi connectivity index (χ3n) is 2.44. The first-order valence-corrected chi connectivity index (χ1v) is 5.80. The van der Waals surface area contributed by atoms with Crippen molar-refractivity contribution in [3.63, 3.8) is 0 Å². The van der Waals surface area contributed by atoms with E-state index in [0.717, 1.165) is 21.3 Å². The maximum Gasteiger partial charge on any atom is 0.141 e. The average molecular weight is 232 g/mol. The van der Waals surface area contributed by atoms with E-state index < -0.39 is 0 Å². The van der Waals surface area contributed by atoms with Crippen LogP contribution in [0.5, 0.6) is 11.5 Å². The van der Waals surface area contributed by atoms with Crippen molar-refractivity contribution in [3.05, 3.63) is 47.8 Å². The molecule has 0 aromatic heterocycles. The standard InChI is InChI=1S/C13H9FOS/c1-8-2-4-10-12(6-8)16-13-7-9(14)3-5-11(13)15-10/h2-7H,1H3. The van der Waals surface area contributed by atoms with E-state index in [1.54, 1.807) is 17.8 Å². The molecule has 0 saturated heterocycles. The summed E-state index contributed by atoms with van der Waals surface area (Å²) in [5, 5.41) is 0. The van der Waals surface area contributed by atoms with E-state index in [1.165, 1.54) is 17.7 Å². The molecule has 0 unspecified atom stereocenters. The first-order valence-electron chi connectivity index (χ1n) is 4.98. The number of hydrogen-bond acceptors (Lipinski definition) is 2. The molecule has 2 aromatic carbocycles. The van der Waals surface area contributed by atoms with Crippen LogP contribution in [0, 0.1) is 12.7 Å². The van der Waals surface area contributed by atoms with Crippen molar-refractivity contribution in [2.75, 3.05) is 0 Å². The summed E-state index contributed by atoms with van der Waals surface area (Å²) in [5.74, 6) is 1.34. The van der Waals surface area contributed by atoms with E-state index in [2.05, 4.69) is 0 Å². The van der Waals surface area contributed by atoms with Gasteiger partial charge in [0, 0.05) is 0 Å². The molecule has 80 valence electrons. The molecule has 0 saturated carbocycles. The van der Waals surface area contributed by atoms with Crippen LogP contribution in [0.3, 0.4) is 0 Å². The smallest absolute Gasteiger partial charge is 0.141 e. The van der Waals surface area contributed by atoms with Gasteiger partial charge in [0.2, 0.25) is 0 Å². The van der Waals surface area contributed by atoms with Crippen molar-refractivity contribution in [2.24, 2.45) is 0 Å². The van der Waals surface area contributed by atoms with Gasteiger partial charge >= 0.3 is 0 Å². The molecule has 16 heavy (non-hydrogen) atoms. The van der Waals surface area contributed by atoms with Crippen LogP contribution in [0.25, 0.3) is 0 Å². The highest BCUT2D eigenvalue weighted by Gasteiger charge is 2.17. The summed E-state index contributed by atoms with van der Waals surface area (Å²) in [7, 11) is 0. The average Bonchev–Trinajstić information content (AvgIpc) is 2.26. The third kappa shape index (κ3) is 1.57. The van der Waals surface area contributed by atoms with Gasteiger partial charge in [-0.2, -0.15) is 0 Å². The van der Waals surface area contributed by atoms with Crippen LogP contribution in [0.1, 0.15) is 5.56 Å². The first kappa shape index (κ1) is 9.73. The van der Waals surface area contributed by atoms with Gasteiger partial charge in [-0.05, 0) is 42.8 Å². The van der Waals surface area contributed by atoms with Crippen molar-refractivity contribution in [2.45, 2.75) is 16.7 Å². The SMILES string of the molecule is Cc1ccc2c(c1)Sc1cc(F)ccc1O2. The predicted octanol–water partition coefficient (Wildman–Crippen LogP) is 4.39. The van der Waals surface area contributed by atoms with Gasteiger partial charge in [-0.3, -0.25) is 0 Å². The van der Waals surface area contributed by atoms with E-state index in [0.29, 0.717) is 0 Å². The van der Waals surface area contributed by atoms with E-state index in [9.17, 15) is 4.39 Å². The van der Waals surface area contributed by atoms with Crippen LogP contribution in [0.2, 0.25) is 0 Å². The lowest BCUT2D eigenvalue weighted by Gasteiger charge is -2.19. The normalized spacial score (nSPS) is 12.6. The van der Waals surface area contributed by atoms with Crippen molar-refractivity contribution in [1.82, 2.24) is 0 Å². The summed E-state index contributed by atoms with van der Waals surface area (Å²) in [6.45, 7) is 2.03. The molecule has 0 spiro atoms. The molecule has 1 aliphatic rings. The van der Waals surface area contributed by atoms with Gasteiger partial charge < -0.3 is 4.74 Å². The summed E-state index contributed by atoms with van der Waals surface area (Å²) >= 11 is 1.55. The zero-order valence-corrected chi connectivity index (χ0v) is 9.48. The van der Waals surface area contributed by atoms with Gasteiger partial charge in [0.05, 0.1) is 9.79 Å². The van der Waals surface area contributed by atoms with Crippen molar-refractivity contribution in [1.29, 1.82) is 0 Å². The Morgan fingerprint density at radius 2 is 1.69 bits per heavy atom. The Balaban J connectivity index is 2.10. The molecule has 0 aliphatic carbocycles. The van der Waals surface area contributed by atoms with Gasteiger partial charge in [-0.25, -0.2) is 4.39 Å². The zero-order valence-electron chi connectivity index (χ0n) is 8.66. The fraction of sp³-hybridized carbons (Fsp3) is 0.0769. The molecule has 1 heterocycles. The summed E-state index contributed by atoms with van der Waals surface area (Å²) < 4.78 is 18.8. The monoisotopic (exact) mass is 232 g/mol. The van der Waals surface area contributed by atoms with Crippen LogP contribution in [0.4, 0.5) is 4.39 Å². The van der Waals surface area contributed by atoms with Crippen LogP contribution >= 0.6 is 11.8 Å². The number of aryl methyl sites for hydroxylation is 1. The summed E-state index contributed by atoms with van der Waals surface area (Å²) in [4.78, 5) is 1.87. The Morgan fingerprint density at radius 1 is 1.00 bits per heavy atom. The van der Waals surface area contributed by atoms with E-state index >= 15 is 0 Å². The molecule has 0 amide bonds. The highest BCUT2D eigenvalue weighted by atomic mass is 32.2. The second-order valence-corrected chi connectivity index (χ2v) is 4.83. The molecule has 0 bridgehead atoms. The van der Waals surface area contributed by atoms with E-state index in [4.69, 9.17) is 4.74 Å². The van der Waals surface area contributed by atoms with E-state index in [-0.39, 0.29) is 5.82 Å². The summed E-state index contributed by atoms with van der Waals surface area (Å²) in [5.41, 5.74) is 1.18. The minimum Gasteiger partial charge on any atom is -0.455 e. The van der Waals surface area contributed by atoms with E-state index in [1.807, 2.05) is 25.1 Å². The van der Waals surface area contributed by atoms with Gasteiger partial charge in [-0.15, -0.1) is 0 Å². The molecule has 3 rings (SSSR count). The van der Waals surface area contributed by atoms with Crippen molar-refractivity contribution < 1.29 is 9.13 Å². The Morgan fingerprint density at radius 3 is 2.50 bits per heavy atom. The number of benzene rings is 2. The van der Waals surface area contributed by atoms with Gasteiger partial charge in [0.25, 0.3) is 0 Å². The Hall–Kier alpha value is -1.48. The summed E-state index contributed by atoms with van der Waals surface area (Å²) in [6, 6.07) is 10.6. The molecule has 0 N–H and O–H groups in total. The molecule has 2 aromatic rings. The van der Waals surface area contributed by atoms with Crippen LogP contribution < -0.4 is 4.74 Å². The number of ether oxygens (including phenoxy) is 1. The molecule has 3 heteroatoms. The zero-order chi connectivity index (χ0) is 11.1. The number of fused-ring (bicyclic) bond motifs is 2. The third-order valence-corrected chi connectivity index (χ3v) is 3.52. The molecular weight excluding hydrogens is 223 g/mol. The topological polar surface area (TPSA) is 9.23 Å². The second-order valence-electron chi connectivity index (χ2n) is 3.75. The lowest BCUT2D eigenvalue weighted by molar-refractivity contribution is 0.451. The minimum absolute atomic E-state index is 0.231. The lowest BCUT2D eigenvalue weighted by Crippen LogP contribution is -1.95. The van der Waals surface area contributed by atoms with Crippen LogP contribution in [-0.4, -0.2) is 0 Å². The quantitative estimate of drug-likeness (QED) is 0.568. The second kappa shape index (κ2) is 3.52. The number of rotatable bonds is 0. The molecule has 0 atom stereocenters. The van der Waals surface area contributed by atoms with Crippen molar-refractivity contribution >= 4 is 11.8 Å². The Bertz CT molecular complexity index is 516. The first-order chi connectivity index (χ1) is 7.72. The predicted molar refractivity (Wildman–Crippen MR) is 61.8 cm³/mol. The van der Waals surface area contributed by atoms with Crippen molar-refractivity contribution in [3.8, 4) is 11.5 Å². The number of hydrogen-bond donors (Lipinski definition) is 0. The Kier molecular flexibility index (Phi) is 2.14. The molecule has 0 fully saturated rings. The fourth-order valence-corrected chi connectivity index (χ4v) is 2.74.